The summed E-state index contributed by atoms with van der Waals surface area (Å²) in [7, 11) is 1.91. The monoisotopic (exact) mass is 239 g/mol. The third-order valence-electron chi connectivity index (χ3n) is 3.34. The van der Waals surface area contributed by atoms with Gasteiger partial charge in [-0.25, -0.2) is 4.39 Å². The second-order valence-corrected chi connectivity index (χ2v) is 4.80. The number of hydrogen-bond acceptors (Lipinski definition) is 3. The summed E-state index contributed by atoms with van der Waals surface area (Å²) in [5.41, 5.74) is 0.617. The van der Waals surface area contributed by atoms with E-state index in [0.717, 1.165) is 12.1 Å². The summed E-state index contributed by atoms with van der Waals surface area (Å²) < 4.78 is 18.5. The van der Waals surface area contributed by atoms with Crippen molar-refractivity contribution in [2.75, 3.05) is 38.3 Å². The van der Waals surface area contributed by atoms with E-state index in [4.69, 9.17) is 4.74 Å². The second-order valence-electron chi connectivity index (χ2n) is 4.80. The third kappa shape index (κ3) is 2.76. The van der Waals surface area contributed by atoms with Gasteiger partial charge in [0.25, 0.3) is 0 Å². The Bertz CT molecular complexity index is 377. The summed E-state index contributed by atoms with van der Waals surface area (Å²) in [6, 6.07) is 6.49. The number of aliphatic hydroxyl groups excluding tert-OH is 1. The molecule has 2 rings (SSSR count). The molecular formula is C13H18FNO2. The lowest BCUT2D eigenvalue weighted by Crippen LogP contribution is -2.39. The Morgan fingerprint density at radius 3 is 2.94 bits per heavy atom. The molecular weight excluding hydrogens is 221 g/mol. The molecule has 0 bridgehead atoms. The van der Waals surface area contributed by atoms with Crippen molar-refractivity contribution in [3.8, 4) is 0 Å². The number of rotatable bonds is 4. The Labute approximate surface area is 101 Å². The van der Waals surface area contributed by atoms with Crippen molar-refractivity contribution in [1.29, 1.82) is 0 Å². The van der Waals surface area contributed by atoms with Crippen LogP contribution in [0.5, 0.6) is 0 Å². The summed E-state index contributed by atoms with van der Waals surface area (Å²) >= 11 is 0. The molecule has 0 aromatic heterocycles. The molecule has 0 spiro atoms. The van der Waals surface area contributed by atoms with Crippen LogP contribution in [0, 0.1) is 11.2 Å². The summed E-state index contributed by atoms with van der Waals surface area (Å²) in [5, 5.41) is 9.49. The fourth-order valence-corrected chi connectivity index (χ4v) is 2.26. The molecule has 3 nitrogen and oxygen atoms in total. The van der Waals surface area contributed by atoms with E-state index in [9.17, 15) is 9.50 Å². The van der Waals surface area contributed by atoms with Gasteiger partial charge in [0.1, 0.15) is 5.82 Å². The first kappa shape index (κ1) is 12.3. The molecule has 0 amide bonds. The molecule has 0 radical (unpaired) electrons. The first-order chi connectivity index (χ1) is 8.15. The highest BCUT2D eigenvalue weighted by Gasteiger charge is 2.35. The van der Waals surface area contributed by atoms with Crippen molar-refractivity contribution >= 4 is 5.69 Å². The average Bonchev–Trinajstić information content (AvgIpc) is 2.78. The van der Waals surface area contributed by atoms with Crippen LogP contribution < -0.4 is 4.90 Å². The van der Waals surface area contributed by atoms with Gasteiger partial charge in [-0.3, -0.25) is 0 Å². The number of hydrogen-bond donors (Lipinski definition) is 1. The Morgan fingerprint density at radius 2 is 2.35 bits per heavy atom. The van der Waals surface area contributed by atoms with E-state index in [0.29, 0.717) is 19.8 Å². The maximum absolute atomic E-state index is 13.1. The molecule has 94 valence electrons. The van der Waals surface area contributed by atoms with Gasteiger partial charge in [0.2, 0.25) is 0 Å². The SMILES string of the molecule is CN(CC1(CO)CCOC1)c1cccc(F)c1. The number of anilines is 1. The predicted molar refractivity (Wildman–Crippen MR) is 64.6 cm³/mol. The maximum Gasteiger partial charge on any atom is 0.125 e. The first-order valence-electron chi connectivity index (χ1n) is 5.81. The first-order valence-corrected chi connectivity index (χ1v) is 5.81. The van der Waals surface area contributed by atoms with Gasteiger partial charge < -0.3 is 14.7 Å². The molecule has 1 atom stereocenters. The van der Waals surface area contributed by atoms with Crippen LogP contribution in [0.1, 0.15) is 6.42 Å². The molecule has 1 N–H and O–H groups in total. The fraction of sp³-hybridized carbons (Fsp3) is 0.538. The Hall–Kier alpha value is -1.13. The van der Waals surface area contributed by atoms with Crippen LogP contribution >= 0.6 is 0 Å². The molecule has 1 heterocycles. The van der Waals surface area contributed by atoms with E-state index < -0.39 is 0 Å². The number of halogens is 1. The van der Waals surface area contributed by atoms with Gasteiger partial charge in [-0.15, -0.1) is 0 Å². The van der Waals surface area contributed by atoms with Crippen molar-refractivity contribution in [2.45, 2.75) is 6.42 Å². The van der Waals surface area contributed by atoms with Crippen LogP contribution in [-0.4, -0.2) is 38.5 Å². The largest absolute Gasteiger partial charge is 0.396 e. The molecule has 4 heteroatoms. The molecule has 1 aromatic rings. The van der Waals surface area contributed by atoms with Gasteiger partial charge >= 0.3 is 0 Å². The topological polar surface area (TPSA) is 32.7 Å². The molecule has 1 aliphatic rings. The van der Waals surface area contributed by atoms with Gasteiger partial charge in [-0.1, -0.05) is 6.07 Å². The maximum atomic E-state index is 13.1. The van der Waals surface area contributed by atoms with E-state index in [1.54, 1.807) is 6.07 Å². The van der Waals surface area contributed by atoms with Crippen molar-refractivity contribution in [2.24, 2.45) is 5.41 Å². The van der Waals surface area contributed by atoms with Crippen molar-refractivity contribution in [3.05, 3.63) is 30.1 Å². The summed E-state index contributed by atoms with van der Waals surface area (Å²) in [4.78, 5) is 1.97. The number of aliphatic hydroxyl groups is 1. The Morgan fingerprint density at radius 1 is 1.53 bits per heavy atom. The third-order valence-corrected chi connectivity index (χ3v) is 3.34. The standard InChI is InChI=1S/C13H18FNO2/c1-15(12-4-2-3-11(14)7-12)8-13(9-16)5-6-17-10-13/h2-4,7,16H,5-6,8-10H2,1H3. The van der Waals surface area contributed by atoms with Gasteiger partial charge in [0.05, 0.1) is 13.2 Å². The number of ether oxygens (including phenoxy) is 1. The van der Waals surface area contributed by atoms with E-state index in [1.807, 2.05) is 18.0 Å². The highest BCUT2D eigenvalue weighted by molar-refractivity contribution is 5.45. The fourth-order valence-electron chi connectivity index (χ4n) is 2.26. The summed E-state index contributed by atoms with van der Waals surface area (Å²) in [6.45, 7) is 2.04. The predicted octanol–water partition coefficient (Wildman–Crippen LogP) is 1.66. The normalized spacial score (nSPS) is 23.9. The molecule has 0 aliphatic carbocycles. The lowest BCUT2D eigenvalue weighted by molar-refractivity contribution is 0.0986. The van der Waals surface area contributed by atoms with Gasteiger partial charge in [-0.05, 0) is 24.6 Å². The molecule has 1 aliphatic heterocycles. The smallest absolute Gasteiger partial charge is 0.125 e. The van der Waals surface area contributed by atoms with Crippen molar-refractivity contribution in [3.63, 3.8) is 0 Å². The Kier molecular flexibility index (Phi) is 3.64. The van der Waals surface area contributed by atoms with Crippen LogP contribution in [0.25, 0.3) is 0 Å². The van der Waals surface area contributed by atoms with Crippen LogP contribution in [0.2, 0.25) is 0 Å². The molecule has 17 heavy (non-hydrogen) atoms. The van der Waals surface area contributed by atoms with E-state index in [1.165, 1.54) is 12.1 Å². The molecule has 1 saturated heterocycles. The molecule has 1 fully saturated rings. The van der Waals surface area contributed by atoms with Gasteiger partial charge in [-0.2, -0.15) is 0 Å². The minimum atomic E-state index is -0.241. The lowest BCUT2D eigenvalue weighted by Gasteiger charge is -2.31. The minimum absolute atomic E-state index is 0.104. The second kappa shape index (κ2) is 5.02. The average molecular weight is 239 g/mol. The summed E-state index contributed by atoms with van der Waals surface area (Å²) in [6.07, 6.45) is 0.850. The Balaban J connectivity index is 2.07. The van der Waals surface area contributed by atoms with Gasteiger partial charge in [0.15, 0.2) is 0 Å². The number of nitrogens with zero attached hydrogens (tertiary/aromatic N) is 1. The van der Waals surface area contributed by atoms with E-state index in [-0.39, 0.29) is 17.8 Å². The molecule has 0 saturated carbocycles. The van der Waals surface area contributed by atoms with E-state index >= 15 is 0 Å². The molecule has 1 unspecified atom stereocenters. The lowest BCUT2D eigenvalue weighted by atomic mass is 9.87. The van der Waals surface area contributed by atoms with Crippen molar-refractivity contribution in [1.82, 2.24) is 0 Å². The van der Waals surface area contributed by atoms with E-state index in [2.05, 4.69) is 0 Å². The zero-order valence-corrected chi connectivity index (χ0v) is 10.0. The van der Waals surface area contributed by atoms with Gasteiger partial charge in [0, 0.05) is 31.3 Å². The zero-order valence-electron chi connectivity index (χ0n) is 10.0. The molecule has 1 aromatic carbocycles. The number of benzene rings is 1. The summed E-state index contributed by atoms with van der Waals surface area (Å²) in [5.74, 6) is -0.241. The zero-order chi connectivity index (χ0) is 12.3. The van der Waals surface area contributed by atoms with Crippen LogP contribution in [-0.2, 0) is 4.74 Å². The van der Waals surface area contributed by atoms with Crippen LogP contribution in [0.15, 0.2) is 24.3 Å². The van der Waals surface area contributed by atoms with Crippen LogP contribution in [0.3, 0.4) is 0 Å². The van der Waals surface area contributed by atoms with Crippen molar-refractivity contribution < 1.29 is 14.2 Å². The van der Waals surface area contributed by atoms with Crippen LogP contribution in [0.4, 0.5) is 10.1 Å². The highest BCUT2D eigenvalue weighted by atomic mass is 19.1. The quantitative estimate of drug-likeness (QED) is 0.867. The highest BCUT2D eigenvalue weighted by Crippen LogP contribution is 2.30. The minimum Gasteiger partial charge on any atom is -0.396 e.